The van der Waals surface area contributed by atoms with Gasteiger partial charge in [-0.2, -0.15) is 18.3 Å². The van der Waals surface area contributed by atoms with E-state index in [0.29, 0.717) is 12.5 Å². The number of halogens is 3. The summed E-state index contributed by atoms with van der Waals surface area (Å²) >= 11 is 1.68. The van der Waals surface area contributed by atoms with Crippen LogP contribution in [0.25, 0.3) is 0 Å². The van der Waals surface area contributed by atoms with Crippen LogP contribution in [0.4, 0.5) is 13.2 Å². The highest BCUT2D eigenvalue weighted by atomic mass is 32.1. The molecule has 33 heavy (non-hydrogen) atoms. The number of nitrogens with zero attached hydrogens (tertiary/aromatic N) is 4. The molecule has 1 amide bonds. The minimum atomic E-state index is -5.08. The zero-order valence-corrected chi connectivity index (χ0v) is 18.9. The molecule has 13 heteroatoms. The number of carboxylic acids is 1. The highest BCUT2D eigenvalue weighted by molar-refractivity contribution is 7.09. The number of aliphatic carboxylic acids is 1. The predicted octanol–water partition coefficient (Wildman–Crippen LogP) is 2.38. The monoisotopic (exact) mass is 489 g/mol. The van der Waals surface area contributed by atoms with Gasteiger partial charge in [0.15, 0.2) is 0 Å². The quantitative estimate of drug-likeness (QED) is 0.664. The summed E-state index contributed by atoms with van der Waals surface area (Å²) in [6.07, 6.45) is -1.26. The summed E-state index contributed by atoms with van der Waals surface area (Å²) in [5.74, 6) is -2.18. The summed E-state index contributed by atoms with van der Waals surface area (Å²) in [6, 6.07) is 1.72. The lowest BCUT2D eigenvalue weighted by atomic mass is 10.0. The Morgan fingerprint density at radius 1 is 1.33 bits per heavy atom. The zero-order valence-electron chi connectivity index (χ0n) is 18.0. The van der Waals surface area contributed by atoms with E-state index in [9.17, 15) is 18.0 Å². The van der Waals surface area contributed by atoms with E-state index in [1.165, 1.54) is 0 Å². The molecule has 2 aliphatic rings. The molecule has 2 aliphatic heterocycles. The molecule has 2 aromatic heterocycles. The molecule has 0 bridgehead atoms. The average molecular weight is 490 g/mol. The van der Waals surface area contributed by atoms with Crippen molar-refractivity contribution in [1.82, 2.24) is 25.0 Å². The second-order valence-electron chi connectivity index (χ2n) is 7.94. The van der Waals surface area contributed by atoms with E-state index in [2.05, 4.69) is 25.7 Å². The van der Waals surface area contributed by atoms with Gasteiger partial charge >= 0.3 is 12.1 Å². The van der Waals surface area contributed by atoms with Crippen LogP contribution in [0.3, 0.4) is 0 Å². The highest BCUT2D eigenvalue weighted by Crippen LogP contribution is 2.23. The number of fused-ring (bicyclic) bond motifs is 1. The fourth-order valence-electron chi connectivity index (χ4n) is 3.66. The lowest BCUT2D eigenvalue weighted by molar-refractivity contribution is -0.192. The number of alkyl halides is 3. The predicted molar refractivity (Wildman–Crippen MR) is 112 cm³/mol. The molecule has 1 fully saturated rings. The summed E-state index contributed by atoms with van der Waals surface area (Å²) in [5.41, 5.74) is 2.13. The van der Waals surface area contributed by atoms with Gasteiger partial charge in [0.25, 0.3) is 0 Å². The first-order chi connectivity index (χ1) is 15.6. The van der Waals surface area contributed by atoms with E-state index in [1.807, 2.05) is 17.7 Å². The van der Waals surface area contributed by atoms with Gasteiger partial charge in [-0.3, -0.25) is 14.4 Å². The number of hydrogen-bond acceptors (Lipinski definition) is 7. The van der Waals surface area contributed by atoms with Gasteiger partial charge in [0.1, 0.15) is 11.0 Å². The van der Waals surface area contributed by atoms with Gasteiger partial charge < -0.3 is 15.2 Å². The number of aryl methyl sites for hydroxylation is 1. The first-order valence-electron chi connectivity index (χ1n) is 10.4. The molecule has 2 N–H and O–H groups in total. The van der Waals surface area contributed by atoms with Crippen molar-refractivity contribution in [3.63, 3.8) is 0 Å². The van der Waals surface area contributed by atoms with Crippen LogP contribution in [0.5, 0.6) is 0 Å². The number of carbonyl (C=O) groups excluding carboxylic acids is 1. The van der Waals surface area contributed by atoms with Crippen LogP contribution in [-0.2, 0) is 27.4 Å². The Hall–Kier alpha value is -2.51. The first-order valence-corrected chi connectivity index (χ1v) is 11.3. The molecule has 0 spiro atoms. The Balaban J connectivity index is 0.000000383. The van der Waals surface area contributed by atoms with Crippen molar-refractivity contribution in [3.05, 3.63) is 34.0 Å². The molecule has 0 radical (unpaired) electrons. The molecule has 1 atom stereocenters. The number of thiazole rings is 1. The Labute approximate surface area is 192 Å². The standard InChI is InChI=1S/C18H25N5O2S.C2HF3O2/c1-13-12-26-17(21-13)11-22-9-15-2-5-20-23(15)16(10-22)18(24)19-8-14-3-6-25-7-4-14;3-2(4,5)1(6)7/h2,5,12,14,16H,3-4,6-11H2,1H3,(H,19,24);(H,6,7). The Bertz CT molecular complexity index is 942. The Kier molecular flexibility index (Phi) is 8.43. The van der Waals surface area contributed by atoms with Crippen LogP contribution in [0, 0.1) is 12.8 Å². The lowest BCUT2D eigenvalue weighted by Gasteiger charge is -2.33. The molecule has 2 aromatic rings. The smallest absolute Gasteiger partial charge is 0.475 e. The maximum absolute atomic E-state index is 12.9. The number of aromatic nitrogens is 3. The van der Waals surface area contributed by atoms with Crippen molar-refractivity contribution in [2.24, 2.45) is 5.92 Å². The van der Waals surface area contributed by atoms with Crippen molar-refractivity contribution in [1.29, 1.82) is 0 Å². The SMILES string of the molecule is Cc1csc(CN2Cc3ccnn3C(C(=O)NCC3CCOCC3)C2)n1.O=C(O)C(F)(F)F. The third kappa shape index (κ3) is 7.24. The van der Waals surface area contributed by atoms with E-state index in [4.69, 9.17) is 14.6 Å². The third-order valence-corrected chi connectivity index (χ3v) is 6.29. The molecule has 4 rings (SSSR count). The van der Waals surface area contributed by atoms with Crippen LogP contribution in [0.1, 0.15) is 35.3 Å². The summed E-state index contributed by atoms with van der Waals surface area (Å²) < 4.78 is 39.0. The number of hydrogen-bond donors (Lipinski definition) is 2. The van der Waals surface area contributed by atoms with Gasteiger partial charge in [-0.25, -0.2) is 9.78 Å². The maximum Gasteiger partial charge on any atom is 0.490 e. The van der Waals surface area contributed by atoms with Gasteiger partial charge in [-0.15, -0.1) is 11.3 Å². The Morgan fingerprint density at radius 3 is 2.64 bits per heavy atom. The molecular formula is C20H26F3N5O4S. The fraction of sp³-hybridized carbons (Fsp3) is 0.600. The maximum atomic E-state index is 12.9. The van der Waals surface area contributed by atoms with Gasteiger partial charge in [-0.1, -0.05) is 0 Å². The van der Waals surface area contributed by atoms with Gasteiger partial charge in [0.05, 0.1) is 12.2 Å². The van der Waals surface area contributed by atoms with E-state index < -0.39 is 12.1 Å². The van der Waals surface area contributed by atoms with Crippen LogP contribution < -0.4 is 5.32 Å². The van der Waals surface area contributed by atoms with Gasteiger partial charge in [0, 0.05) is 50.1 Å². The number of carboxylic acid groups (broad SMARTS) is 1. The molecule has 0 aromatic carbocycles. The van der Waals surface area contributed by atoms with E-state index >= 15 is 0 Å². The molecule has 0 aliphatic carbocycles. The number of nitrogens with one attached hydrogen (secondary N) is 1. The third-order valence-electron chi connectivity index (χ3n) is 5.34. The number of amides is 1. The van der Waals surface area contributed by atoms with Crippen molar-refractivity contribution < 1.29 is 32.6 Å². The second kappa shape index (κ2) is 11.1. The highest BCUT2D eigenvalue weighted by Gasteiger charge is 2.38. The largest absolute Gasteiger partial charge is 0.490 e. The fourth-order valence-corrected chi connectivity index (χ4v) is 4.47. The molecule has 4 heterocycles. The summed E-state index contributed by atoms with van der Waals surface area (Å²) in [5, 5.41) is 17.8. The molecule has 182 valence electrons. The normalized spacial score (nSPS) is 19.3. The van der Waals surface area contributed by atoms with Crippen LogP contribution in [0.2, 0.25) is 0 Å². The molecule has 1 saturated heterocycles. The van der Waals surface area contributed by atoms with Crippen LogP contribution in [0.15, 0.2) is 17.6 Å². The van der Waals surface area contributed by atoms with E-state index in [-0.39, 0.29) is 11.9 Å². The van der Waals surface area contributed by atoms with Crippen molar-refractivity contribution in [2.75, 3.05) is 26.3 Å². The van der Waals surface area contributed by atoms with Gasteiger partial charge in [0.2, 0.25) is 5.91 Å². The van der Waals surface area contributed by atoms with Crippen molar-refractivity contribution in [3.8, 4) is 0 Å². The zero-order chi connectivity index (χ0) is 24.0. The van der Waals surface area contributed by atoms with Crippen molar-refractivity contribution in [2.45, 2.75) is 45.1 Å². The first kappa shape index (κ1) is 25.1. The van der Waals surface area contributed by atoms with Crippen molar-refractivity contribution >= 4 is 23.2 Å². The average Bonchev–Trinajstić information content (AvgIpc) is 3.40. The lowest BCUT2D eigenvalue weighted by Crippen LogP contribution is -2.46. The number of ether oxygens (including phenoxy) is 1. The molecule has 0 saturated carbocycles. The Morgan fingerprint density at radius 2 is 2.03 bits per heavy atom. The number of rotatable bonds is 5. The van der Waals surface area contributed by atoms with Crippen LogP contribution in [-0.4, -0.2) is 69.1 Å². The topological polar surface area (TPSA) is 110 Å². The minimum Gasteiger partial charge on any atom is -0.475 e. The van der Waals surface area contributed by atoms with Gasteiger partial charge in [-0.05, 0) is 31.7 Å². The van der Waals surface area contributed by atoms with Crippen LogP contribution >= 0.6 is 11.3 Å². The van der Waals surface area contributed by atoms with E-state index in [1.54, 1.807) is 17.5 Å². The molecule has 9 nitrogen and oxygen atoms in total. The molecule has 1 unspecified atom stereocenters. The molecular weight excluding hydrogens is 463 g/mol. The summed E-state index contributed by atoms with van der Waals surface area (Å²) in [4.78, 5) is 28.6. The summed E-state index contributed by atoms with van der Waals surface area (Å²) in [7, 11) is 0. The number of carbonyl (C=O) groups is 2. The summed E-state index contributed by atoms with van der Waals surface area (Å²) in [6.45, 7) is 6.56. The van der Waals surface area contributed by atoms with E-state index in [0.717, 1.165) is 62.1 Å². The second-order valence-corrected chi connectivity index (χ2v) is 8.88. The minimum absolute atomic E-state index is 0.0569.